The molecule has 0 aliphatic heterocycles. The maximum atomic E-state index is 13.8. The summed E-state index contributed by atoms with van der Waals surface area (Å²) in [6.45, 7) is 2.01. The Morgan fingerprint density at radius 1 is 1.24 bits per heavy atom. The van der Waals surface area contributed by atoms with Gasteiger partial charge in [-0.25, -0.2) is 4.39 Å². The zero-order chi connectivity index (χ0) is 14.8. The van der Waals surface area contributed by atoms with Crippen LogP contribution in [0.4, 0.5) is 10.1 Å². The molecule has 0 radical (unpaired) electrons. The molecule has 0 aliphatic rings. The molecule has 0 spiro atoms. The molecule has 0 fully saturated rings. The summed E-state index contributed by atoms with van der Waals surface area (Å²) in [5.74, 6) is 0.0598. The van der Waals surface area contributed by atoms with Crippen LogP contribution in [0.25, 0.3) is 22.8 Å². The van der Waals surface area contributed by atoms with Crippen molar-refractivity contribution in [3.05, 3.63) is 48.0 Å². The van der Waals surface area contributed by atoms with Crippen LogP contribution >= 0.6 is 0 Å². The monoisotopic (exact) mass is 284 g/mol. The SMILES string of the molecule is CCc1cnccc1-c1noc(-c2cc(N)ccc2F)n1. The average Bonchev–Trinajstić information content (AvgIpc) is 2.99. The second-order valence-electron chi connectivity index (χ2n) is 4.55. The van der Waals surface area contributed by atoms with E-state index < -0.39 is 5.82 Å². The predicted molar refractivity (Wildman–Crippen MR) is 76.7 cm³/mol. The number of hydrogen-bond donors (Lipinski definition) is 1. The van der Waals surface area contributed by atoms with Crippen LogP contribution in [0.3, 0.4) is 0 Å². The van der Waals surface area contributed by atoms with Crippen LogP contribution in [0.2, 0.25) is 0 Å². The second kappa shape index (κ2) is 5.32. The van der Waals surface area contributed by atoms with Gasteiger partial charge >= 0.3 is 0 Å². The molecule has 6 heteroatoms. The quantitative estimate of drug-likeness (QED) is 0.748. The molecule has 0 aliphatic carbocycles. The second-order valence-corrected chi connectivity index (χ2v) is 4.55. The third kappa shape index (κ3) is 2.47. The highest BCUT2D eigenvalue weighted by atomic mass is 19.1. The summed E-state index contributed by atoms with van der Waals surface area (Å²) in [5.41, 5.74) is 8.12. The Kier molecular flexibility index (Phi) is 3.35. The van der Waals surface area contributed by atoms with Crippen molar-refractivity contribution < 1.29 is 8.91 Å². The van der Waals surface area contributed by atoms with Gasteiger partial charge in [-0.2, -0.15) is 4.98 Å². The lowest BCUT2D eigenvalue weighted by molar-refractivity contribution is 0.429. The van der Waals surface area contributed by atoms with Crippen LogP contribution in [-0.4, -0.2) is 15.1 Å². The molecule has 0 atom stereocenters. The molecule has 3 rings (SSSR count). The third-order valence-electron chi connectivity index (χ3n) is 3.17. The smallest absolute Gasteiger partial charge is 0.261 e. The number of rotatable bonds is 3. The molecule has 3 aromatic rings. The van der Waals surface area contributed by atoms with Gasteiger partial charge in [0.2, 0.25) is 5.82 Å². The fourth-order valence-corrected chi connectivity index (χ4v) is 2.08. The standard InChI is InChI=1S/C15H13FN4O/c1-2-9-8-18-6-5-11(9)14-19-15(21-20-14)12-7-10(17)3-4-13(12)16/h3-8H,2,17H2,1H3. The summed E-state index contributed by atoms with van der Waals surface area (Å²) in [7, 11) is 0. The summed E-state index contributed by atoms with van der Waals surface area (Å²) < 4.78 is 19.0. The Morgan fingerprint density at radius 2 is 2.10 bits per heavy atom. The molecule has 0 saturated heterocycles. The number of benzene rings is 1. The van der Waals surface area contributed by atoms with Crippen molar-refractivity contribution in [2.45, 2.75) is 13.3 Å². The van der Waals surface area contributed by atoms with E-state index in [1.807, 2.05) is 13.0 Å². The minimum absolute atomic E-state index is 0.105. The molecule has 21 heavy (non-hydrogen) atoms. The minimum Gasteiger partial charge on any atom is -0.399 e. The number of nitrogen functional groups attached to an aromatic ring is 1. The Morgan fingerprint density at radius 3 is 2.90 bits per heavy atom. The summed E-state index contributed by atoms with van der Waals surface area (Å²) in [6, 6.07) is 6.04. The van der Waals surface area contributed by atoms with Crippen molar-refractivity contribution in [2.24, 2.45) is 0 Å². The van der Waals surface area contributed by atoms with E-state index in [2.05, 4.69) is 15.1 Å². The lowest BCUT2D eigenvalue weighted by atomic mass is 10.1. The van der Waals surface area contributed by atoms with Gasteiger partial charge in [0, 0.05) is 23.6 Å². The first-order valence-corrected chi connectivity index (χ1v) is 6.51. The van der Waals surface area contributed by atoms with Gasteiger partial charge in [0.1, 0.15) is 5.82 Å². The van der Waals surface area contributed by atoms with E-state index in [0.29, 0.717) is 11.5 Å². The Hall–Kier alpha value is -2.76. The van der Waals surface area contributed by atoms with Crippen molar-refractivity contribution in [1.82, 2.24) is 15.1 Å². The lowest BCUT2D eigenvalue weighted by Crippen LogP contribution is -1.91. The van der Waals surface area contributed by atoms with Crippen LogP contribution in [0.5, 0.6) is 0 Å². The van der Waals surface area contributed by atoms with E-state index in [0.717, 1.165) is 17.5 Å². The molecule has 106 valence electrons. The first kappa shape index (κ1) is 13.2. The van der Waals surface area contributed by atoms with Gasteiger partial charge < -0.3 is 10.3 Å². The molecule has 0 bridgehead atoms. The van der Waals surface area contributed by atoms with Crippen molar-refractivity contribution in [1.29, 1.82) is 0 Å². The van der Waals surface area contributed by atoms with E-state index >= 15 is 0 Å². The molecule has 2 heterocycles. The molecule has 5 nitrogen and oxygen atoms in total. The van der Waals surface area contributed by atoms with Gasteiger partial charge in [-0.3, -0.25) is 4.98 Å². The molecular weight excluding hydrogens is 271 g/mol. The van der Waals surface area contributed by atoms with Gasteiger partial charge in [0.05, 0.1) is 5.56 Å². The van der Waals surface area contributed by atoms with E-state index in [4.69, 9.17) is 10.3 Å². The molecular formula is C15H13FN4O. The van der Waals surface area contributed by atoms with Crippen molar-refractivity contribution in [3.8, 4) is 22.8 Å². The highest BCUT2D eigenvalue weighted by Crippen LogP contribution is 2.27. The van der Waals surface area contributed by atoms with Crippen molar-refractivity contribution in [3.63, 3.8) is 0 Å². The van der Waals surface area contributed by atoms with Crippen LogP contribution in [0, 0.1) is 5.82 Å². The summed E-state index contributed by atoms with van der Waals surface area (Å²) in [5, 5.41) is 3.92. The predicted octanol–water partition coefficient (Wildman–Crippen LogP) is 3.08. The zero-order valence-corrected chi connectivity index (χ0v) is 11.4. The zero-order valence-electron chi connectivity index (χ0n) is 11.4. The minimum atomic E-state index is -0.454. The number of aryl methyl sites for hydroxylation is 1. The molecule has 0 unspecified atom stereocenters. The van der Waals surface area contributed by atoms with Crippen molar-refractivity contribution >= 4 is 5.69 Å². The number of nitrogens with two attached hydrogens (primary N) is 1. The molecule has 2 N–H and O–H groups in total. The number of pyridine rings is 1. The number of halogens is 1. The highest BCUT2D eigenvalue weighted by molar-refractivity contribution is 5.64. The normalized spacial score (nSPS) is 10.8. The van der Waals surface area contributed by atoms with Crippen LogP contribution < -0.4 is 5.73 Å². The van der Waals surface area contributed by atoms with Crippen molar-refractivity contribution in [2.75, 3.05) is 5.73 Å². The molecule has 0 saturated carbocycles. The van der Waals surface area contributed by atoms with Gasteiger partial charge in [0.25, 0.3) is 5.89 Å². The first-order valence-electron chi connectivity index (χ1n) is 6.51. The Labute approximate surface area is 120 Å². The maximum absolute atomic E-state index is 13.8. The average molecular weight is 284 g/mol. The van der Waals surface area contributed by atoms with E-state index in [1.165, 1.54) is 18.2 Å². The summed E-state index contributed by atoms with van der Waals surface area (Å²) in [4.78, 5) is 8.33. The number of hydrogen-bond acceptors (Lipinski definition) is 5. The van der Waals surface area contributed by atoms with Gasteiger partial charge in [-0.15, -0.1) is 0 Å². The number of anilines is 1. The van der Waals surface area contributed by atoms with E-state index in [-0.39, 0.29) is 11.5 Å². The third-order valence-corrected chi connectivity index (χ3v) is 3.17. The maximum Gasteiger partial charge on any atom is 0.261 e. The van der Waals surface area contributed by atoms with Crippen LogP contribution in [0.15, 0.2) is 41.2 Å². The topological polar surface area (TPSA) is 77.8 Å². The number of aromatic nitrogens is 3. The molecule has 2 aromatic heterocycles. The fourth-order valence-electron chi connectivity index (χ4n) is 2.08. The molecule has 1 aromatic carbocycles. The highest BCUT2D eigenvalue weighted by Gasteiger charge is 2.16. The van der Waals surface area contributed by atoms with Gasteiger partial charge in [-0.1, -0.05) is 12.1 Å². The van der Waals surface area contributed by atoms with Gasteiger partial charge in [-0.05, 0) is 36.2 Å². The largest absolute Gasteiger partial charge is 0.399 e. The first-order chi connectivity index (χ1) is 10.2. The Bertz CT molecular complexity index is 785. The van der Waals surface area contributed by atoms with E-state index in [1.54, 1.807) is 12.4 Å². The molecule has 0 amide bonds. The number of nitrogens with zero attached hydrogens (tertiary/aromatic N) is 3. The van der Waals surface area contributed by atoms with Crippen LogP contribution in [0.1, 0.15) is 12.5 Å². The van der Waals surface area contributed by atoms with Crippen LogP contribution in [-0.2, 0) is 6.42 Å². The fraction of sp³-hybridized carbons (Fsp3) is 0.133. The lowest BCUT2D eigenvalue weighted by Gasteiger charge is -2.01. The Balaban J connectivity index is 2.06. The summed E-state index contributed by atoms with van der Waals surface area (Å²) in [6.07, 6.45) is 4.21. The van der Waals surface area contributed by atoms with E-state index in [9.17, 15) is 4.39 Å². The van der Waals surface area contributed by atoms with Gasteiger partial charge in [0.15, 0.2) is 0 Å². The summed E-state index contributed by atoms with van der Waals surface area (Å²) >= 11 is 0.